The molecule has 0 amide bonds. The monoisotopic (exact) mass is 552 g/mol. The molecule has 0 fully saturated rings. The highest BCUT2D eigenvalue weighted by Gasteiger charge is 2.14. The van der Waals surface area contributed by atoms with E-state index in [4.69, 9.17) is 15.0 Å². The number of benzene rings is 5. The van der Waals surface area contributed by atoms with Crippen LogP contribution in [0, 0.1) is 6.92 Å². The number of fused-ring (bicyclic) bond motifs is 2. The Hall–Kier alpha value is -5.74. The summed E-state index contributed by atoms with van der Waals surface area (Å²) in [4.78, 5) is 19.6. The lowest BCUT2D eigenvalue weighted by Gasteiger charge is -2.11. The van der Waals surface area contributed by atoms with Gasteiger partial charge in [0.2, 0.25) is 0 Å². The second-order valence-corrected chi connectivity index (χ2v) is 10.5. The maximum absolute atomic E-state index is 4.99. The van der Waals surface area contributed by atoms with Crippen LogP contribution in [0.1, 0.15) is 11.1 Å². The number of hydrogen-bond donors (Lipinski definition) is 0. The third-order valence-electron chi connectivity index (χ3n) is 7.68. The van der Waals surface area contributed by atoms with Gasteiger partial charge in [-0.2, -0.15) is 0 Å². The molecule has 204 valence electrons. The first-order valence-corrected chi connectivity index (χ1v) is 14.3. The number of allylic oxidation sites excluding steroid dienone is 2. The molecule has 0 N–H and O–H groups in total. The molecule has 0 bridgehead atoms. The molecule has 4 heteroatoms. The molecule has 2 heterocycles. The number of nitrogens with zero attached hydrogens (tertiary/aromatic N) is 4. The quantitative estimate of drug-likeness (QED) is 0.193. The summed E-state index contributed by atoms with van der Waals surface area (Å²) in [6, 6.07) is 39.7. The first kappa shape index (κ1) is 26.2. The fourth-order valence-corrected chi connectivity index (χ4v) is 5.36. The first-order chi connectivity index (χ1) is 21.2. The lowest BCUT2D eigenvalue weighted by molar-refractivity contribution is 1.07. The zero-order valence-corrected chi connectivity index (χ0v) is 23.8. The van der Waals surface area contributed by atoms with Crippen LogP contribution in [0.5, 0.6) is 0 Å². The van der Waals surface area contributed by atoms with E-state index < -0.39 is 0 Å². The summed E-state index contributed by atoms with van der Waals surface area (Å²) in [6.07, 6.45) is 7.62. The van der Waals surface area contributed by atoms with Gasteiger partial charge in [-0.1, -0.05) is 122 Å². The van der Waals surface area contributed by atoms with Gasteiger partial charge >= 0.3 is 0 Å². The standard InChI is InChI=1S/C39H28N4/c1-3-4-9-31-24-33(16-15-26(31)2)38-41-37(42-39(43-38)34-22-17-27-10-5-6-11-32(27)25-34)30-20-18-28(19-21-30)35-14-7-12-29-13-8-23-40-36(29)35/h3-25H,1H2,2H3/b9-4-. The van der Waals surface area contributed by atoms with Gasteiger partial charge in [0.05, 0.1) is 5.52 Å². The smallest absolute Gasteiger partial charge is 0.164 e. The molecule has 2 aromatic heterocycles. The summed E-state index contributed by atoms with van der Waals surface area (Å²) in [7, 11) is 0. The molecule has 0 aliphatic heterocycles. The van der Waals surface area contributed by atoms with Gasteiger partial charge in [0, 0.05) is 33.8 Å². The van der Waals surface area contributed by atoms with E-state index in [1.807, 2.05) is 24.4 Å². The van der Waals surface area contributed by atoms with E-state index in [1.165, 1.54) is 10.9 Å². The summed E-state index contributed by atoms with van der Waals surface area (Å²) in [5.41, 5.74) is 8.23. The molecular weight excluding hydrogens is 524 g/mol. The maximum Gasteiger partial charge on any atom is 0.164 e. The summed E-state index contributed by atoms with van der Waals surface area (Å²) >= 11 is 0. The third kappa shape index (κ3) is 5.22. The average molecular weight is 553 g/mol. The number of para-hydroxylation sites is 1. The summed E-state index contributed by atoms with van der Waals surface area (Å²) in [6.45, 7) is 5.91. The van der Waals surface area contributed by atoms with Crippen molar-refractivity contribution in [2.45, 2.75) is 6.92 Å². The summed E-state index contributed by atoms with van der Waals surface area (Å²) in [5, 5.41) is 3.44. The molecule has 7 rings (SSSR count). The van der Waals surface area contributed by atoms with Crippen LogP contribution in [0.4, 0.5) is 0 Å². The average Bonchev–Trinajstić information content (AvgIpc) is 3.07. The van der Waals surface area contributed by atoms with Gasteiger partial charge in [0.15, 0.2) is 17.5 Å². The number of hydrogen-bond acceptors (Lipinski definition) is 4. The lowest BCUT2D eigenvalue weighted by Crippen LogP contribution is -2.00. The predicted octanol–water partition coefficient (Wildman–Crippen LogP) is 9.75. The molecule has 0 aliphatic rings. The van der Waals surface area contributed by atoms with Crippen LogP contribution in [0.25, 0.3) is 73.0 Å². The molecule has 4 nitrogen and oxygen atoms in total. The molecular formula is C39H28N4. The van der Waals surface area contributed by atoms with Crippen molar-refractivity contribution in [1.82, 2.24) is 19.9 Å². The highest BCUT2D eigenvalue weighted by molar-refractivity contribution is 5.93. The van der Waals surface area contributed by atoms with Crippen LogP contribution in [0.3, 0.4) is 0 Å². The molecule has 0 unspecified atom stereocenters. The zero-order chi connectivity index (χ0) is 29.2. The SMILES string of the molecule is C=C/C=C\c1cc(-c2nc(-c3ccc(-c4cccc5cccnc45)cc3)nc(-c3ccc4ccccc4c3)n2)ccc1C. The molecule has 0 aliphatic carbocycles. The predicted molar refractivity (Wildman–Crippen MR) is 178 cm³/mol. The van der Waals surface area contributed by atoms with Crippen molar-refractivity contribution in [2.24, 2.45) is 0 Å². The second kappa shape index (κ2) is 11.3. The first-order valence-electron chi connectivity index (χ1n) is 14.3. The van der Waals surface area contributed by atoms with Gasteiger partial charge in [-0.05, 0) is 52.6 Å². The third-order valence-corrected chi connectivity index (χ3v) is 7.68. The van der Waals surface area contributed by atoms with Crippen molar-refractivity contribution < 1.29 is 0 Å². The van der Waals surface area contributed by atoms with Crippen molar-refractivity contribution in [1.29, 1.82) is 0 Å². The Morgan fingerprint density at radius 3 is 1.98 bits per heavy atom. The van der Waals surface area contributed by atoms with Crippen LogP contribution in [0.2, 0.25) is 0 Å². The summed E-state index contributed by atoms with van der Waals surface area (Å²) < 4.78 is 0. The van der Waals surface area contributed by atoms with E-state index in [9.17, 15) is 0 Å². The minimum atomic E-state index is 0.625. The molecule has 5 aromatic carbocycles. The summed E-state index contributed by atoms with van der Waals surface area (Å²) in [5.74, 6) is 1.89. The fraction of sp³-hybridized carbons (Fsp3) is 0.0256. The van der Waals surface area contributed by atoms with Gasteiger partial charge < -0.3 is 0 Å². The number of aromatic nitrogens is 4. The normalized spacial score (nSPS) is 11.4. The van der Waals surface area contributed by atoms with Gasteiger partial charge in [-0.3, -0.25) is 4.98 Å². The van der Waals surface area contributed by atoms with Crippen molar-refractivity contribution >= 4 is 27.8 Å². The topological polar surface area (TPSA) is 51.6 Å². The number of aryl methyl sites for hydroxylation is 1. The maximum atomic E-state index is 4.99. The second-order valence-electron chi connectivity index (χ2n) is 10.5. The number of rotatable bonds is 6. The Morgan fingerprint density at radius 1 is 0.558 bits per heavy atom. The lowest BCUT2D eigenvalue weighted by atomic mass is 10.0. The van der Waals surface area contributed by atoms with Gasteiger partial charge in [-0.15, -0.1) is 0 Å². The molecule has 43 heavy (non-hydrogen) atoms. The molecule has 0 atom stereocenters. The minimum Gasteiger partial charge on any atom is -0.256 e. The van der Waals surface area contributed by atoms with Crippen molar-refractivity contribution in [3.63, 3.8) is 0 Å². The van der Waals surface area contributed by atoms with Crippen LogP contribution >= 0.6 is 0 Å². The molecule has 0 saturated carbocycles. The Labute approximate surface area is 250 Å². The van der Waals surface area contributed by atoms with E-state index in [2.05, 4.69) is 128 Å². The Balaban J connectivity index is 1.36. The van der Waals surface area contributed by atoms with Crippen molar-refractivity contribution in [3.8, 4) is 45.3 Å². The van der Waals surface area contributed by atoms with Crippen LogP contribution in [0.15, 0.2) is 140 Å². The Morgan fingerprint density at radius 2 is 1.19 bits per heavy atom. The largest absolute Gasteiger partial charge is 0.256 e. The molecule has 0 saturated heterocycles. The van der Waals surface area contributed by atoms with Crippen LogP contribution in [-0.2, 0) is 0 Å². The van der Waals surface area contributed by atoms with E-state index in [0.29, 0.717) is 17.5 Å². The molecule has 7 aromatic rings. The fourth-order valence-electron chi connectivity index (χ4n) is 5.36. The van der Waals surface area contributed by atoms with Crippen molar-refractivity contribution in [3.05, 3.63) is 151 Å². The Bertz CT molecular complexity index is 2160. The van der Waals surface area contributed by atoms with E-state index in [0.717, 1.165) is 49.7 Å². The van der Waals surface area contributed by atoms with Crippen LogP contribution in [-0.4, -0.2) is 19.9 Å². The highest BCUT2D eigenvalue weighted by atomic mass is 15.0. The minimum absolute atomic E-state index is 0.625. The van der Waals surface area contributed by atoms with E-state index in [1.54, 1.807) is 6.08 Å². The zero-order valence-electron chi connectivity index (χ0n) is 23.8. The van der Waals surface area contributed by atoms with Crippen molar-refractivity contribution in [2.75, 3.05) is 0 Å². The van der Waals surface area contributed by atoms with Crippen LogP contribution < -0.4 is 0 Å². The van der Waals surface area contributed by atoms with E-state index in [-0.39, 0.29) is 0 Å². The number of pyridine rings is 1. The van der Waals surface area contributed by atoms with Gasteiger partial charge in [0.25, 0.3) is 0 Å². The van der Waals surface area contributed by atoms with Gasteiger partial charge in [0.1, 0.15) is 0 Å². The molecule has 0 radical (unpaired) electrons. The Kier molecular flexibility index (Phi) is 6.86. The molecule has 0 spiro atoms. The van der Waals surface area contributed by atoms with E-state index >= 15 is 0 Å². The highest BCUT2D eigenvalue weighted by Crippen LogP contribution is 2.31. The van der Waals surface area contributed by atoms with Gasteiger partial charge in [-0.25, -0.2) is 15.0 Å².